The summed E-state index contributed by atoms with van der Waals surface area (Å²) in [5.74, 6) is -2.24. The highest BCUT2D eigenvalue weighted by Gasteiger charge is 2.57. The molecule has 0 heterocycles. The van der Waals surface area contributed by atoms with E-state index in [-0.39, 0.29) is 6.61 Å². The average Bonchev–Trinajstić information content (AvgIpc) is 2.21. The molecule has 0 atom stereocenters. The van der Waals surface area contributed by atoms with Crippen LogP contribution in [0.1, 0.15) is 47.0 Å². The zero-order valence-corrected chi connectivity index (χ0v) is 12.7. The number of hydrogen-bond donors (Lipinski definition) is 0. The van der Waals surface area contributed by atoms with Crippen molar-refractivity contribution in [3.63, 3.8) is 0 Å². The quantitative estimate of drug-likeness (QED) is 0.492. The summed E-state index contributed by atoms with van der Waals surface area (Å²) in [5, 5.41) is 0. The van der Waals surface area contributed by atoms with Crippen LogP contribution in [0.25, 0.3) is 0 Å². The van der Waals surface area contributed by atoms with E-state index in [4.69, 9.17) is 17.7 Å². The molecule has 0 radical (unpaired) electrons. The first-order chi connectivity index (χ1) is 8.81. The summed E-state index contributed by atoms with van der Waals surface area (Å²) in [6.07, 6.45) is 2.53. The molecule has 0 aromatic heterocycles. The van der Waals surface area contributed by atoms with Gasteiger partial charge in [-0.3, -0.25) is 14.4 Å². The molecule has 7 nitrogen and oxygen atoms in total. The normalized spacial score (nSPS) is 10.7. The number of carbonyl (C=O) groups is 3. The highest BCUT2D eigenvalue weighted by molar-refractivity contribution is 6.59. The first-order valence-electron chi connectivity index (χ1n) is 6.04. The van der Waals surface area contributed by atoms with Gasteiger partial charge < -0.3 is 17.7 Å². The van der Waals surface area contributed by atoms with Gasteiger partial charge in [-0.05, 0) is 6.42 Å². The maximum atomic E-state index is 11.1. The van der Waals surface area contributed by atoms with Crippen LogP contribution in [0.15, 0.2) is 0 Å². The van der Waals surface area contributed by atoms with Crippen LogP contribution in [-0.2, 0) is 32.1 Å². The molecule has 0 aliphatic carbocycles. The van der Waals surface area contributed by atoms with Crippen molar-refractivity contribution in [3.05, 3.63) is 0 Å². The van der Waals surface area contributed by atoms with E-state index in [0.29, 0.717) is 6.42 Å². The summed E-state index contributed by atoms with van der Waals surface area (Å²) >= 11 is 0. The Kier molecular flexibility index (Phi) is 8.00. The number of hydrogen-bond acceptors (Lipinski definition) is 7. The first-order valence-corrected chi connectivity index (χ1v) is 7.67. The van der Waals surface area contributed by atoms with Crippen LogP contribution < -0.4 is 0 Å². The molecule has 0 bridgehead atoms. The van der Waals surface area contributed by atoms with Gasteiger partial charge in [-0.15, -0.1) is 0 Å². The minimum atomic E-state index is -4.08. The van der Waals surface area contributed by atoms with Crippen molar-refractivity contribution < 1.29 is 32.1 Å². The zero-order chi connectivity index (χ0) is 14.9. The summed E-state index contributed by atoms with van der Waals surface area (Å²) in [5.41, 5.74) is 0. The fourth-order valence-electron chi connectivity index (χ4n) is 1.23. The van der Waals surface area contributed by atoms with Crippen LogP contribution in [0, 0.1) is 0 Å². The van der Waals surface area contributed by atoms with Crippen molar-refractivity contribution in [2.75, 3.05) is 6.61 Å². The van der Waals surface area contributed by atoms with Crippen molar-refractivity contribution in [2.45, 2.75) is 47.0 Å². The van der Waals surface area contributed by atoms with Gasteiger partial charge in [0.2, 0.25) is 0 Å². The van der Waals surface area contributed by atoms with Crippen LogP contribution in [0.4, 0.5) is 0 Å². The van der Waals surface area contributed by atoms with E-state index < -0.39 is 27.0 Å². The Bertz CT molecular complexity index is 288. The third-order valence-corrected chi connectivity index (χ3v) is 4.00. The fraction of sp³-hybridized carbons (Fsp3) is 0.727. The summed E-state index contributed by atoms with van der Waals surface area (Å²) in [6, 6.07) is 0. The molecule has 0 aliphatic heterocycles. The molecule has 0 rings (SSSR count). The maximum absolute atomic E-state index is 11.1. The molecular formula is C11H20O7Si. The molecule has 0 amide bonds. The topological polar surface area (TPSA) is 88.1 Å². The Balaban J connectivity index is 4.82. The van der Waals surface area contributed by atoms with Crippen LogP contribution in [0.2, 0.25) is 0 Å². The predicted octanol–water partition coefficient (Wildman–Crippen LogP) is 1.32. The smallest absolute Gasteiger partial charge is 0.433 e. The Labute approximate surface area is 113 Å². The molecule has 0 aromatic carbocycles. The molecule has 0 saturated carbocycles. The van der Waals surface area contributed by atoms with Gasteiger partial charge in [0.05, 0.1) is 0 Å². The lowest BCUT2D eigenvalue weighted by Gasteiger charge is -2.24. The van der Waals surface area contributed by atoms with Gasteiger partial charge in [0, 0.05) is 27.4 Å². The molecule has 0 saturated heterocycles. The predicted molar refractivity (Wildman–Crippen MR) is 66.5 cm³/mol. The van der Waals surface area contributed by atoms with E-state index in [1.807, 2.05) is 6.92 Å². The third kappa shape index (κ3) is 8.33. The van der Waals surface area contributed by atoms with E-state index in [9.17, 15) is 14.4 Å². The van der Waals surface area contributed by atoms with Crippen molar-refractivity contribution in [1.82, 2.24) is 0 Å². The molecular weight excluding hydrogens is 272 g/mol. The van der Waals surface area contributed by atoms with Gasteiger partial charge >= 0.3 is 9.05 Å². The van der Waals surface area contributed by atoms with E-state index in [1.54, 1.807) is 0 Å². The Hall–Kier alpha value is -1.41. The summed E-state index contributed by atoms with van der Waals surface area (Å²) in [7, 11) is -4.08. The second-order valence-electron chi connectivity index (χ2n) is 3.84. The number of rotatable bonds is 8. The van der Waals surface area contributed by atoms with E-state index in [1.165, 1.54) is 0 Å². The highest BCUT2D eigenvalue weighted by Crippen LogP contribution is 2.14. The molecule has 0 aliphatic rings. The minimum absolute atomic E-state index is 0.175. The van der Waals surface area contributed by atoms with Gasteiger partial charge in [0.15, 0.2) is 0 Å². The summed E-state index contributed by atoms with van der Waals surface area (Å²) in [6.45, 7) is 5.53. The first kappa shape index (κ1) is 17.6. The van der Waals surface area contributed by atoms with Crippen LogP contribution in [0.3, 0.4) is 0 Å². The molecule has 19 heavy (non-hydrogen) atoms. The van der Waals surface area contributed by atoms with E-state index in [2.05, 4.69) is 0 Å². The van der Waals surface area contributed by atoms with Crippen LogP contribution >= 0.6 is 0 Å². The monoisotopic (exact) mass is 292 g/mol. The molecule has 110 valence electrons. The lowest BCUT2D eigenvalue weighted by Crippen LogP contribution is -2.52. The van der Waals surface area contributed by atoms with E-state index in [0.717, 1.165) is 33.6 Å². The average molecular weight is 292 g/mol. The van der Waals surface area contributed by atoms with Gasteiger partial charge in [0.1, 0.15) is 0 Å². The lowest BCUT2D eigenvalue weighted by atomic mass is 10.3. The van der Waals surface area contributed by atoms with Gasteiger partial charge in [0.25, 0.3) is 17.9 Å². The number of carbonyl (C=O) groups excluding carboxylic acids is 3. The SMILES string of the molecule is CCCCCO[Si](OC(C)=O)(OC(C)=O)OC(C)=O. The highest BCUT2D eigenvalue weighted by atomic mass is 28.4. The molecule has 0 spiro atoms. The fourth-order valence-corrected chi connectivity index (χ4v) is 2.98. The van der Waals surface area contributed by atoms with Gasteiger partial charge in [-0.1, -0.05) is 19.8 Å². The zero-order valence-electron chi connectivity index (χ0n) is 11.7. The molecule has 0 N–H and O–H groups in total. The van der Waals surface area contributed by atoms with Gasteiger partial charge in [-0.2, -0.15) is 0 Å². The van der Waals surface area contributed by atoms with Crippen molar-refractivity contribution in [2.24, 2.45) is 0 Å². The Morgan fingerprint density at radius 3 is 1.58 bits per heavy atom. The second kappa shape index (κ2) is 8.65. The van der Waals surface area contributed by atoms with Gasteiger partial charge in [-0.25, -0.2) is 0 Å². The standard InChI is InChI=1S/C11H20O7Si/c1-5-6-7-8-15-19(16-9(2)12,17-10(3)13)18-11(4)14/h5-8H2,1-4H3. The summed E-state index contributed by atoms with van der Waals surface area (Å²) < 4.78 is 19.8. The largest absolute Gasteiger partial charge is 0.899 e. The minimum Gasteiger partial charge on any atom is -0.433 e. The van der Waals surface area contributed by atoms with Crippen LogP contribution in [0.5, 0.6) is 0 Å². The van der Waals surface area contributed by atoms with Crippen molar-refractivity contribution >= 4 is 27.0 Å². The third-order valence-electron chi connectivity index (χ3n) is 1.83. The molecule has 0 unspecified atom stereocenters. The van der Waals surface area contributed by atoms with Crippen molar-refractivity contribution in [1.29, 1.82) is 0 Å². The van der Waals surface area contributed by atoms with Crippen LogP contribution in [-0.4, -0.2) is 33.6 Å². The summed E-state index contributed by atoms with van der Waals surface area (Å²) in [4.78, 5) is 33.2. The lowest BCUT2D eigenvalue weighted by molar-refractivity contribution is -0.156. The molecule has 8 heteroatoms. The second-order valence-corrected chi connectivity index (χ2v) is 5.74. The van der Waals surface area contributed by atoms with E-state index >= 15 is 0 Å². The van der Waals surface area contributed by atoms with Crippen molar-refractivity contribution in [3.8, 4) is 0 Å². The Morgan fingerprint density at radius 2 is 1.26 bits per heavy atom. The maximum Gasteiger partial charge on any atom is 0.899 e. The molecule has 0 fully saturated rings. The molecule has 0 aromatic rings. The number of unbranched alkanes of at least 4 members (excludes halogenated alkanes) is 2. The Morgan fingerprint density at radius 1 is 0.842 bits per heavy atom.